The van der Waals surface area contributed by atoms with Crippen LogP contribution in [0.4, 0.5) is 11.6 Å². The molecule has 1 rings (SSSR count). The summed E-state index contributed by atoms with van der Waals surface area (Å²) in [6.07, 6.45) is 6.12. The number of hydrogen-bond donors (Lipinski definition) is 2. The van der Waals surface area contributed by atoms with Gasteiger partial charge in [-0.15, -0.1) is 0 Å². The highest BCUT2D eigenvalue weighted by Gasteiger charge is 2.05. The first-order valence-electron chi connectivity index (χ1n) is 7.07. The Balaban J connectivity index is 2.36. The van der Waals surface area contributed by atoms with Crippen molar-refractivity contribution >= 4 is 11.6 Å². The maximum absolute atomic E-state index is 5.03. The number of anilines is 2. The molecule has 0 saturated carbocycles. The van der Waals surface area contributed by atoms with Gasteiger partial charge in [-0.05, 0) is 32.6 Å². The monoisotopic (exact) mass is 266 g/mol. The highest BCUT2D eigenvalue weighted by molar-refractivity contribution is 5.56. The lowest BCUT2D eigenvalue weighted by molar-refractivity contribution is 0.192. The maximum Gasteiger partial charge on any atom is 0.134 e. The van der Waals surface area contributed by atoms with Crippen LogP contribution in [0.3, 0.4) is 0 Å². The Morgan fingerprint density at radius 3 is 2.37 bits per heavy atom. The van der Waals surface area contributed by atoms with Crippen LogP contribution in [0, 0.1) is 6.92 Å². The Morgan fingerprint density at radius 2 is 1.74 bits per heavy atom. The van der Waals surface area contributed by atoms with Gasteiger partial charge >= 0.3 is 0 Å². The molecular formula is C14H26N4O. The molecule has 5 heteroatoms. The molecule has 0 atom stereocenters. The van der Waals surface area contributed by atoms with E-state index in [-0.39, 0.29) is 0 Å². The van der Waals surface area contributed by atoms with E-state index >= 15 is 0 Å². The molecule has 0 unspecified atom stereocenters. The molecule has 0 aliphatic heterocycles. The highest BCUT2D eigenvalue weighted by Crippen LogP contribution is 2.18. The number of nitrogens with one attached hydrogen (secondary N) is 2. The van der Waals surface area contributed by atoms with E-state index in [2.05, 4.69) is 27.5 Å². The van der Waals surface area contributed by atoms with Crippen molar-refractivity contribution in [2.45, 2.75) is 39.5 Å². The number of unbranched alkanes of at least 4 members (excludes halogenated alkanes) is 2. The van der Waals surface area contributed by atoms with Gasteiger partial charge in [0, 0.05) is 32.4 Å². The second kappa shape index (κ2) is 9.55. The van der Waals surface area contributed by atoms with Crippen LogP contribution < -0.4 is 10.6 Å². The van der Waals surface area contributed by atoms with Gasteiger partial charge in [-0.3, -0.25) is 0 Å². The van der Waals surface area contributed by atoms with E-state index < -0.39 is 0 Å². The zero-order valence-electron chi connectivity index (χ0n) is 12.3. The Hall–Kier alpha value is -1.36. The van der Waals surface area contributed by atoms with Crippen molar-refractivity contribution in [3.63, 3.8) is 0 Å². The molecule has 0 saturated heterocycles. The lowest BCUT2D eigenvalue weighted by Crippen LogP contribution is -2.09. The van der Waals surface area contributed by atoms with Gasteiger partial charge in [-0.1, -0.05) is 6.92 Å². The number of methoxy groups -OCH3 is 1. The van der Waals surface area contributed by atoms with Gasteiger partial charge in [0.25, 0.3) is 0 Å². The van der Waals surface area contributed by atoms with E-state index in [1.165, 1.54) is 6.42 Å². The topological polar surface area (TPSA) is 59.1 Å². The van der Waals surface area contributed by atoms with Crippen LogP contribution in [0.5, 0.6) is 0 Å². The summed E-state index contributed by atoms with van der Waals surface area (Å²) in [4.78, 5) is 8.56. The first kappa shape index (κ1) is 15.7. The molecule has 108 valence electrons. The van der Waals surface area contributed by atoms with Crippen LogP contribution in [-0.2, 0) is 4.74 Å². The lowest BCUT2D eigenvalue weighted by atomic mass is 10.2. The Bertz CT molecular complexity index is 357. The van der Waals surface area contributed by atoms with Crippen molar-refractivity contribution < 1.29 is 4.74 Å². The van der Waals surface area contributed by atoms with E-state index in [4.69, 9.17) is 4.74 Å². The molecule has 0 spiro atoms. The van der Waals surface area contributed by atoms with Crippen molar-refractivity contribution in [2.24, 2.45) is 0 Å². The molecule has 0 aliphatic rings. The van der Waals surface area contributed by atoms with Crippen molar-refractivity contribution in [1.29, 1.82) is 0 Å². The Kier molecular flexibility index (Phi) is 7.89. The van der Waals surface area contributed by atoms with Crippen molar-refractivity contribution in [2.75, 3.05) is 37.4 Å². The summed E-state index contributed by atoms with van der Waals surface area (Å²) in [6.45, 7) is 6.91. The van der Waals surface area contributed by atoms with Crippen LogP contribution in [0.2, 0.25) is 0 Å². The first-order valence-corrected chi connectivity index (χ1v) is 7.07. The SMILES string of the molecule is CCCNc1ncnc(NCCCCCOC)c1C. The normalized spacial score (nSPS) is 10.5. The largest absolute Gasteiger partial charge is 0.385 e. The van der Waals surface area contributed by atoms with Crippen LogP contribution in [0.25, 0.3) is 0 Å². The fourth-order valence-corrected chi connectivity index (χ4v) is 1.80. The molecule has 0 amide bonds. The van der Waals surface area contributed by atoms with Gasteiger partial charge in [0.1, 0.15) is 18.0 Å². The van der Waals surface area contributed by atoms with E-state index in [9.17, 15) is 0 Å². The molecule has 2 N–H and O–H groups in total. The molecular weight excluding hydrogens is 240 g/mol. The second-order valence-corrected chi connectivity index (χ2v) is 4.60. The van der Waals surface area contributed by atoms with Gasteiger partial charge in [-0.25, -0.2) is 9.97 Å². The standard InChI is InChI=1S/C14H26N4O/c1-4-8-15-13-12(2)14(18-11-17-13)16-9-6-5-7-10-19-3/h11H,4-10H2,1-3H3,(H2,15,16,17,18). The molecule has 5 nitrogen and oxygen atoms in total. The summed E-state index contributed by atoms with van der Waals surface area (Å²) >= 11 is 0. The molecule has 19 heavy (non-hydrogen) atoms. The quantitative estimate of drug-likeness (QED) is 0.638. The highest BCUT2D eigenvalue weighted by atomic mass is 16.5. The second-order valence-electron chi connectivity index (χ2n) is 4.60. The third-order valence-electron chi connectivity index (χ3n) is 2.94. The van der Waals surface area contributed by atoms with Gasteiger partial charge in [0.15, 0.2) is 0 Å². The Morgan fingerprint density at radius 1 is 1.05 bits per heavy atom. The molecule has 1 heterocycles. The van der Waals surface area contributed by atoms with Crippen LogP contribution in [-0.4, -0.2) is 36.8 Å². The van der Waals surface area contributed by atoms with Crippen molar-refractivity contribution in [3.8, 4) is 0 Å². The van der Waals surface area contributed by atoms with Crippen LogP contribution in [0.1, 0.15) is 38.2 Å². The summed E-state index contributed by atoms with van der Waals surface area (Å²) in [7, 11) is 1.74. The van der Waals surface area contributed by atoms with Crippen molar-refractivity contribution in [3.05, 3.63) is 11.9 Å². The summed E-state index contributed by atoms with van der Waals surface area (Å²) in [5.74, 6) is 1.86. The van der Waals surface area contributed by atoms with E-state index in [0.717, 1.165) is 56.2 Å². The molecule has 0 radical (unpaired) electrons. The average Bonchev–Trinajstić information content (AvgIpc) is 2.43. The third-order valence-corrected chi connectivity index (χ3v) is 2.94. The number of nitrogens with zero attached hydrogens (tertiary/aromatic N) is 2. The number of rotatable bonds is 10. The molecule has 1 aromatic rings. The zero-order chi connectivity index (χ0) is 13.9. The zero-order valence-corrected chi connectivity index (χ0v) is 12.3. The van der Waals surface area contributed by atoms with E-state index in [0.29, 0.717) is 0 Å². The fraction of sp³-hybridized carbons (Fsp3) is 0.714. The van der Waals surface area contributed by atoms with Crippen molar-refractivity contribution in [1.82, 2.24) is 9.97 Å². The van der Waals surface area contributed by atoms with Gasteiger partial charge < -0.3 is 15.4 Å². The summed E-state index contributed by atoms with van der Waals surface area (Å²) in [5.41, 5.74) is 1.09. The average molecular weight is 266 g/mol. The maximum atomic E-state index is 5.03. The smallest absolute Gasteiger partial charge is 0.134 e. The third kappa shape index (κ3) is 5.87. The van der Waals surface area contributed by atoms with Gasteiger partial charge in [0.05, 0.1) is 0 Å². The number of aromatic nitrogens is 2. The first-order chi connectivity index (χ1) is 9.29. The van der Waals surface area contributed by atoms with Gasteiger partial charge in [0.2, 0.25) is 0 Å². The minimum Gasteiger partial charge on any atom is -0.385 e. The predicted octanol–water partition coefficient (Wildman–Crippen LogP) is 2.84. The summed E-state index contributed by atoms with van der Waals surface area (Å²) < 4.78 is 5.03. The molecule has 0 fully saturated rings. The minimum absolute atomic E-state index is 0.845. The fourth-order valence-electron chi connectivity index (χ4n) is 1.80. The van der Waals surface area contributed by atoms with E-state index in [1.807, 2.05) is 6.92 Å². The molecule has 0 aromatic carbocycles. The summed E-state index contributed by atoms with van der Waals surface area (Å²) in [5, 5.41) is 6.69. The van der Waals surface area contributed by atoms with Crippen LogP contribution in [0.15, 0.2) is 6.33 Å². The van der Waals surface area contributed by atoms with Gasteiger partial charge in [-0.2, -0.15) is 0 Å². The minimum atomic E-state index is 0.845. The van der Waals surface area contributed by atoms with E-state index in [1.54, 1.807) is 13.4 Å². The Labute approximate surface area is 116 Å². The predicted molar refractivity (Wildman–Crippen MR) is 79.8 cm³/mol. The summed E-state index contributed by atoms with van der Waals surface area (Å²) in [6, 6.07) is 0. The number of hydrogen-bond acceptors (Lipinski definition) is 5. The van der Waals surface area contributed by atoms with Crippen LogP contribution >= 0.6 is 0 Å². The lowest BCUT2D eigenvalue weighted by Gasteiger charge is -2.12. The molecule has 0 bridgehead atoms. The number of ether oxygens (including phenoxy) is 1. The molecule has 1 aromatic heterocycles. The molecule has 0 aliphatic carbocycles.